The van der Waals surface area contributed by atoms with Crippen molar-refractivity contribution in [3.63, 3.8) is 0 Å². The molecule has 0 spiro atoms. The zero-order valence-electron chi connectivity index (χ0n) is 14.1. The SMILES string of the molecule is CCCNC1CCC(N(C)CC(=O)N(CC)C2CC2)CC1. The van der Waals surface area contributed by atoms with Crippen molar-refractivity contribution in [2.24, 2.45) is 0 Å². The molecule has 0 heterocycles. The van der Waals surface area contributed by atoms with Crippen molar-refractivity contribution in [1.82, 2.24) is 15.1 Å². The fraction of sp³-hybridized carbons (Fsp3) is 0.941. The van der Waals surface area contributed by atoms with E-state index in [1.807, 2.05) is 0 Å². The number of carbonyl (C=O) groups excluding carboxylic acids is 1. The summed E-state index contributed by atoms with van der Waals surface area (Å²) >= 11 is 0. The molecular weight excluding hydrogens is 262 g/mol. The summed E-state index contributed by atoms with van der Waals surface area (Å²) < 4.78 is 0. The third-order valence-electron chi connectivity index (χ3n) is 5.04. The maximum Gasteiger partial charge on any atom is 0.236 e. The standard InChI is InChI=1S/C17H33N3O/c1-4-12-18-14-6-8-15(9-7-14)19(3)13-17(21)20(5-2)16-10-11-16/h14-16,18H,4-13H2,1-3H3. The Bertz CT molecular complexity index is 322. The largest absolute Gasteiger partial charge is 0.339 e. The van der Waals surface area contributed by atoms with Crippen LogP contribution in [0.3, 0.4) is 0 Å². The maximum atomic E-state index is 12.4. The van der Waals surface area contributed by atoms with E-state index in [1.165, 1.54) is 44.9 Å². The predicted octanol–water partition coefficient (Wildman–Crippen LogP) is 2.24. The lowest BCUT2D eigenvalue weighted by Crippen LogP contribution is -2.46. The van der Waals surface area contributed by atoms with Crippen LogP contribution in [-0.2, 0) is 4.79 Å². The summed E-state index contributed by atoms with van der Waals surface area (Å²) in [6.07, 6.45) is 8.57. The molecule has 1 N–H and O–H groups in total. The average molecular weight is 295 g/mol. The van der Waals surface area contributed by atoms with E-state index in [1.54, 1.807) is 0 Å². The van der Waals surface area contributed by atoms with Gasteiger partial charge in [-0.25, -0.2) is 0 Å². The summed E-state index contributed by atoms with van der Waals surface area (Å²) in [7, 11) is 2.13. The minimum absolute atomic E-state index is 0.328. The van der Waals surface area contributed by atoms with E-state index in [-0.39, 0.29) is 0 Å². The number of hydrogen-bond donors (Lipinski definition) is 1. The number of amides is 1. The van der Waals surface area contributed by atoms with Crippen molar-refractivity contribution >= 4 is 5.91 Å². The monoisotopic (exact) mass is 295 g/mol. The van der Waals surface area contributed by atoms with Crippen LogP contribution in [0.2, 0.25) is 0 Å². The van der Waals surface area contributed by atoms with Crippen molar-refractivity contribution < 1.29 is 4.79 Å². The van der Waals surface area contributed by atoms with Gasteiger partial charge in [-0.1, -0.05) is 6.92 Å². The maximum absolute atomic E-state index is 12.4. The van der Waals surface area contributed by atoms with Crippen molar-refractivity contribution in [3.8, 4) is 0 Å². The van der Waals surface area contributed by atoms with Crippen LogP contribution < -0.4 is 5.32 Å². The lowest BCUT2D eigenvalue weighted by Gasteiger charge is -2.35. The Hall–Kier alpha value is -0.610. The number of likely N-dealkylation sites (N-methyl/N-ethyl adjacent to an activating group) is 2. The molecule has 1 amide bonds. The van der Waals surface area contributed by atoms with Crippen molar-refractivity contribution in [1.29, 1.82) is 0 Å². The number of rotatable bonds is 8. The lowest BCUT2D eigenvalue weighted by atomic mass is 9.90. The summed E-state index contributed by atoms with van der Waals surface area (Å²) in [6.45, 7) is 6.92. The molecule has 0 radical (unpaired) electrons. The molecule has 4 heteroatoms. The van der Waals surface area contributed by atoms with Gasteiger partial charge in [0.25, 0.3) is 0 Å². The molecule has 2 rings (SSSR count). The van der Waals surface area contributed by atoms with Crippen LogP contribution in [0.4, 0.5) is 0 Å². The smallest absolute Gasteiger partial charge is 0.236 e. The third kappa shape index (κ3) is 4.96. The highest BCUT2D eigenvalue weighted by atomic mass is 16.2. The summed E-state index contributed by atoms with van der Waals surface area (Å²) in [5.74, 6) is 0.328. The topological polar surface area (TPSA) is 35.6 Å². The molecule has 2 fully saturated rings. The first-order chi connectivity index (χ1) is 10.2. The van der Waals surface area contributed by atoms with E-state index in [0.29, 0.717) is 30.6 Å². The molecule has 0 aliphatic heterocycles. The Morgan fingerprint density at radius 2 is 1.67 bits per heavy atom. The van der Waals surface area contributed by atoms with Gasteiger partial charge in [0.15, 0.2) is 0 Å². The van der Waals surface area contributed by atoms with Gasteiger partial charge in [0.1, 0.15) is 0 Å². The first-order valence-corrected chi connectivity index (χ1v) is 8.88. The molecule has 0 aromatic heterocycles. The molecular formula is C17H33N3O. The minimum Gasteiger partial charge on any atom is -0.339 e. The zero-order valence-corrected chi connectivity index (χ0v) is 14.1. The minimum atomic E-state index is 0.328. The molecule has 0 aromatic rings. The van der Waals surface area contributed by atoms with Gasteiger partial charge in [-0.05, 0) is 65.5 Å². The summed E-state index contributed by atoms with van der Waals surface area (Å²) in [4.78, 5) is 16.8. The van der Waals surface area contributed by atoms with Crippen molar-refractivity contribution in [3.05, 3.63) is 0 Å². The van der Waals surface area contributed by atoms with E-state index in [4.69, 9.17) is 0 Å². The van der Waals surface area contributed by atoms with E-state index >= 15 is 0 Å². The Balaban J connectivity index is 1.71. The van der Waals surface area contributed by atoms with Crippen LogP contribution in [0.5, 0.6) is 0 Å². The number of carbonyl (C=O) groups is 1. The van der Waals surface area contributed by atoms with Gasteiger partial charge in [-0.3, -0.25) is 9.69 Å². The highest BCUT2D eigenvalue weighted by Crippen LogP contribution is 2.27. The average Bonchev–Trinajstić information content (AvgIpc) is 3.31. The van der Waals surface area contributed by atoms with E-state index in [9.17, 15) is 4.79 Å². The first-order valence-electron chi connectivity index (χ1n) is 8.88. The van der Waals surface area contributed by atoms with E-state index < -0.39 is 0 Å². The third-order valence-corrected chi connectivity index (χ3v) is 5.04. The Morgan fingerprint density at radius 1 is 1.05 bits per heavy atom. The molecule has 0 saturated heterocycles. The highest BCUT2D eigenvalue weighted by Gasteiger charge is 2.32. The van der Waals surface area contributed by atoms with Crippen LogP contribution in [0.25, 0.3) is 0 Å². The molecule has 21 heavy (non-hydrogen) atoms. The van der Waals surface area contributed by atoms with Crippen LogP contribution in [0, 0.1) is 0 Å². The summed E-state index contributed by atoms with van der Waals surface area (Å²) in [6, 6.07) is 1.83. The van der Waals surface area contributed by atoms with Gasteiger partial charge in [0.05, 0.1) is 6.54 Å². The van der Waals surface area contributed by atoms with Gasteiger partial charge in [0, 0.05) is 24.7 Å². The first kappa shape index (κ1) is 16.8. The second kappa shape index (κ2) is 8.14. The lowest BCUT2D eigenvalue weighted by molar-refractivity contribution is -0.133. The van der Waals surface area contributed by atoms with Gasteiger partial charge in [-0.15, -0.1) is 0 Å². The van der Waals surface area contributed by atoms with Gasteiger partial charge >= 0.3 is 0 Å². The molecule has 4 nitrogen and oxygen atoms in total. The Labute approximate surface area is 130 Å². The van der Waals surface area contributed by atoms with E-state index in [0.717, 1.165) is 13.1 Å². The fourth-order valence-corrected chi connectivity index (χ4v) is 3.53. The molecule has 2 aliphatic rings. The number of nitrogens with one attached hydrogen (secondary N) is 1. The predicted molar refractivity (Wildman–Crippen MR) is 87.4 cm³/mol. The molecule has 0 unspecified atom stereocenters. The number of hydrogen-bond acceptors (Lipinski definition) is 3. The van der Waals surface area contributed by atoms with Crippen molar-refractivity contribution in [2.45, 2.75) is 76.9 Å². The molecule has 0 atom stereocenters. The normalized spacial score (nSPS) is 26.1. The highest BCUT2D eigenvalue weighted by molar-refractivity contribution is 5.78. The van der Waals surface area contributed by atoms with Crippen LogP contribution >= 0.6 is 0 Å². The van der Waals surface area contributed by atoms with Gasteiger partial charge < -0.3 is 10.2 Å². The second-order valence-corrected chi connectivity index (χ2v) is 6.79. The number of nitrogens with zero attached hydrogens (tertiary/aromatic N) is 2. The van der Waals surface area contributed by atoms with E-state index in [2.05, 4.69) is 36.0 Å². The molecule has 2 aliphatic carbocycles. The molecule has 122 valence electrons. The van der Waals surface area contributed by atoms with Crippen molar-refractivity contribution in [2.75, 3.05) is 26.7 Å². The Morgan fingerprint density at radius 3 is 2.19 bits per heavy atom. The molecule has 0 aromatic carbocycles. The quantitative estimate of drug-likeness (QED) is 0.746. The second-order valence-electron chi connectivity index (χ2n) is 6.79. The zero-order chi connectivity index (χ0) is 15.2. The molecule has 2 saturated carbocycles. The summed E-state index contributed by atoms with van der Waals surface area (Å²) in [5.41, 5.74) is 0. The van der Waals surface area contributed by atoms with Gasteiger partial charge in [-0.2, -0.15) is 0 Å². The van der Waals surface area contributed by atoms with Crippen LogP contribution in [-0.4, -0.2) is 60.5 Å². The van der Waals surface area contributed by atoms with Crippen LogP contribution in [0.1, 0.15) is 58.8 Å². The summed E-state index contributed by atoms with van der Waals surface area (Å²) in [5, 5.41) is 3.63. The Kier molecular flexibility index (Phi) is 6.49. The van der Waals surface area contributed by atoms with Gasteiger partial charge in [0.2, 0.25) is 5.91 Å². The fourth-order valence-electron chi connectivity index (χ4n) is 3.53. The molecule has 0 bridgehead atoms. The van der Waals surface area contributed by atoms with Crippen LogP contribution in [0.15, 0.2) is 0 Å².